The smallest absolute Gasteiger partial charge is 0.167 e. The van der Waals surface area contributed by atoms with Crippen molar-refractivity contribution in [3.05, 3.63) is 12.7 Å². The summed E-state index contributed by atoms with van der Waals surface area (Å²) in [5, 5.41) is 9.61. The number of rotatable bonds is 3. The Hall–Kier alpha value is -1.81. The fraction of sp³-hybridized carbons (Fsp3) is 0.667. The van der Waals surface area contributed by atoms with E-state index in [0.717, 1.165) is 5.82 Å². The molecule has 4 unspecified atom stereocenters. The zero-order valence-corrected chi connectivity index (χ0v) is 14.1. The van der Waals surface area contributed by atoms with Crippen molar-refractivity contribution < 1.29 is 19.3 Å². The van der Waals surface area contributed by atoms with Gasteiger partial charge in [-0.3, -0.25) is 4.57 Å². The highest BCUT2D eigenvalue weighted by molar-refractivity contribution is 5.83. The second-order valence-electron chi connectivity index (χ2n) is 6.73. The molecule has 0 aromatic carbocycles. The maximum atomic E-state index is 9.61. The number of hydrogen-bond acceptors (Lipinski definition) is 8. The first-order valence-electron chi connectivity index (χ1n) is 7.88. The van der Waals surface area contributed by atoms with Gasteiger partial charge in [0.2, 0.25) is 0 Å². The van der Waals surface area contributed by atoms with E-state index in [-0.39, 0.29) is 18.8 Å². The number of imidazole rings is 1. The molecule has 0 radical (unpaired) electrons. The molecule has 0 bridgehead atoms. The maximum absolute atomic E-state index is 9.61. The van der Waals surface area contributed by atoms with Crippen LogP contribution < -0.4 is 4.90 Å². The SMILES string of the molecule is CN(C)c1ncnc2c1ncn2C1OC(CO)C2OC(C)(C)OC21. The number of aromatic nitrogens is 4. The third-order valence-electron chi connectivity index (χ3n) is 4.34. The van der Waals surface area contributed by atoms with Crippen molar-refractivity contribution in [3.8, 4) is 0 Å². The topological polar surface area (TPSA) is 94.8 Å². The third kappa shape index (κ3) is 2.27. The largest absolute Gasteiger partial charge is 0.394 e. The molecule has 0 saturated carbocycles. The van der Waals surface area contributed by atoms with Gasteiger partial charge in [-0.1, -0.05) is 0 Å². The van der Waals surface area contributed by atoms with Crippen LogP contribution in [-0.2, 0) is 14.2 Å². The summed E-state index contributed by atoms with van der Waals surface area (Å²) >= 11 is 0. The third-order valence-corrected chi connectivity index (χ3v) is 4.34. The summed E-state index contributed by atoms with van der Waals surface area (Å²) in [7, 11) is 3.81. The molecule has 4 atom stereocenters. The summed E-state index contributed by atoms with van der Waals surface area (Å²) in [5.74, 6) is 0.0150. The molecule has 4 heterocycles. The Balaban J connectivity index is 1.76. The standard InChI is InChI=1S/C15H21N5O4/c1-15(2)23-10-8(5-21)22-14(11(10)24-15)20-7-18-9-12(19(3)4)16-6-17-13(9)20/h6-8,10-11,14,21H,5H2,1-4H3. The highest BCUT2D eigenvalue weighted by Crippen LogP contribution is 2.43. The van der Waals surface area contributed by atoms with Gasteiger partial charge in [0.05, 0.1) is 12.9 Å². The molecule has 4 rings (SSSR count). The summed E-state index contributed by atoms with van der Waals surface area (Å²) in [6.45, 7) is 3.58. The van der Waals surface area contributed by atoms with Gasteiger partial charge in [-0.05, 0) is 13.8 Å². The predicted octanol–water partition coefficient (Wildman–Crippen LogP) is 0.302. The molecule has 2 aromatic rings. The molecule has 1 N–H and O–H groups in total. The number of aliphatic hydroxyl groups is 1. The van der Waals surface area contributed by atoms with Crippen molar-refractivity contribution >= 4 is 17.0 Å². The molecule has 2 aliphatic heterocycles. The first-order valence-corrected chi connectivity index (χ1v) is 7.88. The van der Waals surface area contributed by atoms with Crippen LogP contribution in [0.15, 0.2) is 12.7 Å². The molecule has 2 fully saturated rings. The summed E-state index contributed by atoms with van der Waals surface area (Å²) in [6, 6.07) is 0. The summed E-state index contributed by atoms with van der Waals surface area (Å²) in [5.41, 5.74) is 1.35. The molecule has 0 spiro atoms. The first-order chi connectivity index (χ1) is 11.4. The Morgan fingerprint density at radius 2 is 1.96 bits per heavy atom. The van der Waals surface area contributed by atoms with Crippen LogP contribution in [-0.4, -0.2) is 69.4 Å². The molecule has 9 nitrogen and oxygen atoms in total. The van der Waals surface area contributed by atoms with E-state index >= 15 is 0 Å². The number of fused-ring (bicyclic) bond motifs is 2. The van der Waals surface area contributed by atoms with Gasteiger partial charge in [0, 0.05) is 14.1 Å². The molecule has 2 aliphatic rings. The zero-order chi connectivity index (χ0) is 17.1. The second-order valence-corrected chi connectivity index (χ2v) is 6.73. The average molecular weight is 335 g/mol. The number of anilines is 1. The van der Waals surface area contributed by atoms with E-state index in [9.17, 15) is 5.11 Å². The van der Waals surface area contributed by atoms with E-state index in [0.29, 0.717) is 11.2 Å². The van der Waals surface area contributed by atoms with Crippen molar-refractivity contribution in [1.29, 1.82) is 0 Å². The van der Waals surface area contributed by atoms with Gasteiger partial charge in [0.1, 0.15) is 24.6 Å². The number of hydrogen-bond donors (Lipinski definition) is 1. The van der Waals surface area contributed by atoms with Gasteiger partial charge in [0.25, 0.3) is 0 Å². The van der Waals surface area contributed by atoms with Gasteiger partial charge in [-0.25, -0.2) is 15.0 Å². The Labute approximate surface area is 139 Å². The molecular formula is C15H21N5O4. The van der Waals surface area contributed by atoms with Crippen molar-refractivity contribution in [2.75, 3.05) is 25.6 Å². The lowest BCUT2D eigenvalue weighted by Gasteiger charge is -2.24. The lowest BCUT2D eigenvalue weighted by atomic mass is 10.1. The summed E-state index contributed by atoms with van der Waals surface area (Å²) in [4.78, 5) is 14.9. The highest BCUT2D eigenvalue weighted by atomic mass is 16.8. The van der Waals surface area contributed by atoms with Gasteiger partial charge in [-0.2, -0.15) is 0 Å². The zero-order valence-electron chi connectivity index (χ0n) is 14.1. The number of ether oxygens (including phenoxy) is 3. The van der Waals surface area contributed by atoms with Crippen molar-refractivity contribution in [2.24, 2.45) is 0 Å². The second kappa shape index (κ2) is 5.35. The van der Waals surface area contributed by atoms with Crippen molar-refractivity contribution in [3.63, 3.8) is 0 Å². The average Bonchev–Trinajstić information content (AvgIpc) is 3.17. The molecule has 0 amide bonds. The Bertz CT molecular complexity index is 761. The normalized spacial score (nSPS) is 31.5. The van der Waals surface area contributed by atoms with Crippen LogP contribution in [0.5, 0.6) is 0 Å². The minimum atomic E-state index is -0.717. The minimum absolute atomic E-state index is 0.137. The molecule has 2 saturated heterocycles. The van der Waals surface area contributed by atoms with Crippen LogP contribution in [0.1, 0.15) is 20.1 Å². The monoisotopic (exact) mass is 335 g/mol. The predicted molar refractivity (Wildman–Crippen MR) is 84.5 cm³/mol. The van der Waals surface area contributed by atoms with Crippen LogP contribution in [0.3, 0.4) is 0 Å². The quantitative estimate of drug-likeness (QED) is 0.856. The molecule has 130 valence electrons. The van der Waals surface area contributed by atoms with Gasteiger partial charge in [-0.15, -0.1) is 0 Å². The van der Waals surface area contributed by atoms with Crippen LogP contribution in [0.25, 0.3) is 11.2 Å². The fourth-order valence-corrected chi connectivity index (χ4v) is 3.38. The molecular weight excluding hydrogens is 314 g/mol. The fourth-order valence-electron chi connectivity index (χ4n) is 3.38. The molecule has 24 heavy (non-hydrogen) atoms. The number of aliphatic hydroxyl groups excluding tert-OH is 1. The highest BCUT2D eigenvalue weighted by Gasteiger charge is 2.55. The van der Waals surface area contributed by atoms with E-state index in [4.69, 9.17) is 14.2 Å². The van der Waals surface area contributed by atoms with Crippen LogP contribution in [0.2, 0.25) is 0 Å². The van der Waals surface area contributed by atoms with Crippen molar-refractivity contribution in [1.82, 2.24) is 19.5 Å². The van der Waals surface area contributed by atoms with Crippen LogP contribution in [0.4, 0.5) is 5.82 Å². The van der Waals surface area contributed by atoms with E-state index in [1.807, 2.05) is 37.4 Å². The summed E-state index contributed by atoms with van der Waals surface area (Å²) < 4.78 is 19.7. The van der Waals surface area contributed by atoms with E-state index in [1.165, 1.54) is 6.33 Å². The van der Waals surface area contributed by atoms with Gasteiger partial charge < -0.3 is 24.2 Å². The number of nitrogens with zero attached hydrogens (tertiary/aromatic N) is 5. The molecule has 0 aliphatic carbocycles. The van der Waals surface area contributed by atoms with Crippen molar-refractivity contribution in [2.45, 2.75) is 44.2 Å². The molecule has 2 aromatic heterocycles. The minimum Gasteiger partial charge on any atom is -0.394 e. The van der Waals surface area contributed by atoms with Gasteiger partial charge >= 0.3 is 0 Å². The molecule has 9 heteroatoms. The Morgan fingerprint density at radius 1 is 1.21 bits per heavy atom. The van der Waals surface area contributed by atoms with E-state index < -0.39 is 18.1 Å². The first kappa shape index (κ1) is 15.7. The summed E-state index contributed by atoms with van der Waals surface area (Å²) in [6.07, 6.45) is 1.58. The Morgan fingerprint density at radius 3 is 2.67 bits per heavy atom. The lowest BCUT2D eigenvalue weighted by Crippen LogP contribution is -2.31. The van der Waals surface area contributed by atoms with Gasteiger partial charge in [0.15, 0.2) is 29.0 Å². The van der Waals surface area contributed by atoms with E-state index in [2.05, 4.69) is 15.0 Å². The lowest BCUT2D eigenvalue weighted by molar-refractivity contribution is -0.199. The maximum Gasteiger partial charge on any atom is 0.167 e. The van der Waals surface area contributed by atoms with E-state index in [1.54, 1.807) is 6.33 Å². The van der Waals surface area contributed by atoms with Crippen LogP contribution in [0, 0.1) is 0 Å². The van der Waals surface area contributed by atoms with Crippen LogP contribution >= 0.6 is 0 Å². The Kier molecular flexibility index (Phi) is 3.50.